The molecule has 0 saturated heterocycles. The molecular formula is C14H16BrN3O. The van der Waals surface area contributed by atoms with Crippen molar-refractivity contribution in [1.29, 1.82) is 0 Å². The fourth-order valence-electron chi connectivity index (χ4n) is 1.74. The van der Waals surface area contributed by atoms with Gasteiger partial charge in [-0.05, 0) is 34.5 Å². The van der Waals surface area contributed by atoms with Crippen molar-refractivity contribution in [1.82, 2.24) is 4.98 Å². The van der Waals surface area contributed by atoms with Crippen LogP contribution in [0.5, 0.6) is 5.75 Å². The summed E-state index contributed by atoms with van der Waals surface area (Å²) in [6.45, 7) is 2.59. The van der Waals surface area contributed by atoms with Gasteiger partial charge in [0.05, 0.1) is 23.5 Å². The number of nitrogen functional groups attached to an aromatic ring is 1. The summed E-state index contributed by atoms with van der Waals surface area (Å²) in [5, 5.41) is 3.28. The van der Waals surface area contributed by atoms with Crippen LogP contribution in [0, 0.1) is 6.92 Å². The third-order valence-corrected chi connectivity index (χ3v) is 3.91. The molecule has 100 valence electrons. The van der Waals surface area contributed by atoms with Gasteiger partial charge in [-0.15, -0.1) is 0 Å². The predicted octanol–water partition coefficient (Wildman–Crippen LogP) is 3.36. The molecule has 0 aliphatic heterocycles. The van der Waals surface area contributed by atoms with E-state index in [4.69, 9.17) is 10.5 Å². The monoisotopic (exact) mass is 321 g/mol. The van der Waals surface area contributed by atoms with Crippen molar-refractivity contribution in [3.8, 4) is 5.75 Å². The van der Waals surface area contributed by atoms with Crippen molar-refractivity contribution in [3.63, 3.8) is 0 Å². The summed E-state index contributed by atoms with van der Waals surface area (Å²) < 4.78 is 6.21. The SMILES string of the molecule is COc1ccccc1CNc1ncc(N)c(C)c1Br. The van der Waals surface area contributed by atoms with Gasteiger partial charge in [-0.2, -0.15) is 0 Å². The molecule has 1 aromatic heterocycles. The summed E-state index contributed by atoms with van der Waals surface area (Å²) in [6.07, 6.45) is 1.66. The third-order valence-electron chi connectivity index (χ3n) is 2.94. The number of rotatable bonds is 4. The zero-order chi connectivity index (χ0) is 13.8. The van der Waals surface area contributed by atoms with Crippen molar-refractivity contribution >= 4 is 27.4 Å². The molecule has 0 spiro atoms. The van der Waals surface area contributed by atoms with E-state index < -0.39 is 0 Å². The number of nitrogens with one attached hydrogen (secondary N) is 1. The van der Waals surface area contributed by atoms with E-state index in [1.54, 1.807) is 13.3 Å². The molecule has 19 heavy (non-hydrogen) atoms. The van der Waals surface area contributed by atoms with E-state index in [-0.39, 0.29) is 0 Å². The van der Waals surface area contributed by atoms with E-state index in [0.717, 1.165) is 27.2 Å². The molecule has 0 radical (unpaired) electrons. The molecule has 5 heteroatoms. The lowest BCUT2D eigenvalue weighted by Gasteiger charge is -2.12. The Hall–Kier alpha value is -1.75. The molecule has 2 rings (SSSR count). The van der Waals surface area contributed by atoms with Crippen LogP contribution in [0.15, 0.2) is 34.9 Å². The first-order chi connectivity index (χ1) is 9.13. The van der Waals surface area contributed by atoms with Gasteiger partial charge in [0.1, 0.15) is 11.6 Å². The minimum Gasteiger partial charge on any atom is -0.496 e. The summed E-state index contributed by atoms with van der Waals surface area (Å²) in [4.78, 5) is 4.29. The van der Waals surface area contributed by atoms with Crippen LogP contribution >= 0.6 is 15.9 Å². The Balaban J connectivity index is 2.17. The second kappa shape index (κ2) is 5.93. The van der Waals surface area contributed by atoms with Crippen molar-refractivity contribution < 1.29 is 4.74 Å². The molecule has 0 unspecified atom stereocenters. The van der Waals surface area contributed by atoms with Gasteiger partial charge in [0, 0.05) is 12.1 Å². The Bertz CT molecular complexity index is 587. The predicted molar refractivity (Wildman–Crippen MR) is 81.4 cm³/mol. The van der Waals surface area contributed by atoms with Crippen LogP contribution in [0.25, 0.3) is 0 Å². The zero-order valence-corrected chi connectivity index (χ0v) is 12.5. The van der Waals surface area contributed by atoms with Crippen LogP contribution in [0.4, 0.5) is 11.5 Å². The molecule has 0 aliphatic rings. The maximum absolute atomic E-state index is 5.80. The molecule has 0 saturated carbocycles. The molecule has 0 atom stereocenters. The van der Waals surface area contributed by atoms with Crippen molar-refractivity contribution in [2.45, 2.75) is 13.5 Å². The Kier molecular flexibility index (Phi) is 4.27. The van der Waals surface area contributed by atoms with Gasteiger partial charge >= 0.3 is 0 Å². The van der Waals surface area contributed by atoms with Crippen molar-refractivity contribution in [2.24, 2.45) is 0 Å². The molecule has 1 heterocycles. The van der Waals surface area contributed by atoms with Gasteiger partial charge in [0.25, 0.3) is 0 Å². The molecule has 0 amide bonds. The van der Waals surface area contributed by atoms with Crippen LogP contribution in [0.2, 0.25) is 0 Å². The zero-order valence-electron chi connectivity index (χ0n) is 10.9. The van der Waals surface area contributed by atoms with Crippen LogP contribution in [-0.4, -0.2) is 12.1 Å². The minimum atomic E-state index is 0.638. The molecule has 1 aromatic carbocycles. The van der Waals surface area contributed by atoms with E-state index in [2.05, 4.69) is 26.2 Å². The van der Waals surface area contributed by atoms with Gasteiger partial charge in [-0.25, -0.2) is 4.98 Å². The number of methoxy groups -OCH3 is 1. The number of pyridine rings is 1. The average Bonchev–Trinajstić information content (AvgIpc) is 2.44. The van der Waals surface area contributed by atoms with Gasteiger partial charge in [-0.1, -0.05) is 18.2 Å². The average molecular weight is 322 g/mol. The second-order valence-corrected chi connectivity index (χ2v) is 4.96. The van der Waals surface area contributed by atoms with E-state index in [1.165, 1.54) is 0 Å². The number of para-hydroxylation sites is 1. The quantitative estimate of drug-likeness (QED) is 0.906. The summed E-state index contributed by atoms with van der Waals surface area (Å²) in [5.41, 5.74) is 8.54. The normalized spacial score (nSPS) is 10.3. The molecule has 0 fully saturated rings. The van der Waals surface area contributed by atoms with Crippen LogP contribution in [-0.2, 0) is 6.54 Å². The number of aromatic nitrogens is 1. The highest BCUT2D eigenvalue weighted by molar-refractivity contribution is 9.10. The summed E-state index contributed by atoms with van der Waals surface area (Å²) >= 11 is 3.50. The summed E-state index contributed by atoms with van der Waals surface area (Å²) in [6, 6.07) is 7.89. The fraction of sp³-hybridized carbons (Fsp3) is 0.214. The number of ether oxygens (including phenoxy) is 1. The number of nitrogens with two attached hydrogens (primary N) is 1. The number of hydrogen-bond donors (Lipinski definition) is 2. The Labute approximate surface area is 121 Å². The maximum Gasteiger partial charge on any atom is 0.140 e. The number of benzene rings is 1. The van der Waals surface area contributed by atoms with Crippen molar-refractivity contribution in [3.05, 3.63) is 46.1 Å². The topological polar surface area (TPSA) is 60.2 Å². The van der Waals surface area contributed by atoms with Crippen molar-refractivity contribution in [2.75, 3.05) is 18.2 Å². The summed E-state index contributed by atoms with van der Waals surface area (Å²) in [5.74, 6) is 1.64. The number of halogens is 1. The van der Waals surface area contributed by atoms with Crippen LogP contribution in [0.1, 0.15) is 11.1 Å². The van der Waals surface area contributed by atoms with Gasteiger partial charge in [-0.3, -0.25) is 0 Å². The van der Waals surface area contributed by atoms with E-state index in [0.29, 0.717) is 12.2 Å². The first-order valence-electron chi connectivity index (χ1n) is 5.89. The first-order valence-corrected chi connectivity index (χ1v) is 6.69. The van der Waals surface area contributed by atoms with Crippen LogP contribution < -0.4 is 15.8 Å². The van der Waals surface area contributed by atoms with E-state index in [1.807, 2.05) is 31.2 Å². The lowest BCUT2D eigenvalue weighted by atomic mass is 10.2. The molecule has 0 bridgehead atoms. The smallest absolute Gasteiger partial charge is 0.140 e. The number of anilines is 2. The molecular weight excluding hydrogens is 306 g/mol. The van der Waals surface area contributed by atoms with E-state index in [9.17, 15) is 0 Å². The highest BCUT2D eigenvalue weighted by Crippen LogP contribution is 2.28. The third kappa shape index (κ3) is 2.98. The fourth-order valence-corrected chi connectivity index (χ4v) is 2.21. The lowest BCUT2D eigenvalue weighted by molar-refractivity contribution is 0.410. The highest BCUT2D eigenvalue weighted by atomic mass is 79.9. The van der Waals surface area contributed by atoms with Crippen LogP contribution in [0.3, 0.4) is 0 Å². The molecule has 2 aromatic rings. The molecule has 0 aliphatic carbocycles. The first kappa shape index (κ1) is 13.7. The Morgan fingerprint density at radius 2 is 2.11 bits per heavy atom. The van der Waals surface area contributed by atoms with Gasteiger partial charge in [0.2, 0.25) is 0 Å². The molecule has 4 nitrogen and oxygen atoms in total. The number of hydrogen-bond acceptors (Lipinski definition) is 4. The standard InChI is InChI=1S/C14H16BrN3O/c1-9-11(16)8-18-14(13(9)15)17-7-10-5-3-4-6-12(10)19-2/h3-6,8H,7,16H2,1-2H3,(H,17,18). The highest BCUT2D eigenvalue weighted by Gasteiger charge is 2.08. The Morgan fingerprint density at radius 3 is 2.84 bits per heavy atom. The largest absolute Gasteiger partial charge is 0.496 e. The minimum absolute atomic E-state index is 0.638. The lowest BCUT2D eigenvalue weighted by Crippen LogP contribution is -2.05. The summed E-state index contributed by atoms with van der Waals surface area (Å²) in [7, 11) is 1.67. The maximum atomic E-state index is 5.80. The van der Waals surface area contributed by atoms with E-state index >= 15 is 0 Å². The molecule has 3 N–H and O–H groups in total. The van der Waals surface area contributed by atoms with Gasteiger partial charge in [0.15, 0.2) is 0 Å². The van der Waals surface area contributed by atoms with Gasteiger partial charge < -0.3 is 15.8 Å². The number of nitrogens with zero attached hydrogens (tertiary/aromatic N) is 1. The second-order valence-electron chi connectivity index (χ2n) is 4.17. The Morgan fingerprint density at radius 1 is 1.37 bits per heavy atom.